The van der Waals surface area contributed by atoms with Gasteiger partial charge in [0.1, 0.15) is 0 Å². The topological polar surface area (TPSA) is 75.3 Å². The molecule has 1 amide bonds. The minimum Gasteiger partial charge on any atom is -0.379 e. The van der Waals surface area contributed by atoms with E-state index in [-0.39, 0.29) is 58.6 Å². The highest BCUT2D eigenvalue weighted by Crippen LogP contribution is 2.71. The minimum absolute atomic E-state index is 0.0833. The number of carbonyl (C=O) groups excluding carboxylic acids is 3. The van der Waals surface area contributed by atoms with Crippen LogP contribution in [-0.2, 0) is 14.4 Å². The van der Waals surface area contributed by atoms with E-state index in [0.29, 0.717) is 17.4 Å². The molecule has 2 N–H and O–H groups in total. The third-order valence-corrected chi connectivity index (χ3v) is 10.3. The number of allylic oxidation sites excluding steroid dienone is 1. The van der Waals surface area contributed by atoms with Gasteiger partial charge in [-0.25, -0.2) is 0 Å². The second kappa shape index (κ2) is 13.4. The summed E-state index contributed by atoms with van der Waals surface area (Å²) in [4.78, 5) is 39.1. The number of hydrogen-bond donors (Lipinski definition) is 2. The van der Waals surface area contributed by atoms with Crippen LogP contribution in [0.25, 0.3) is 0 Å². The molecule has 4 rings (SSSR count). The Kier molecular flexibility index (Phi) is 10.9. The Morgan fingerprint density at radius 2 is 1.52 bits per heavy atom. The molecule has 0 saturated heterocycles. The summed E-state index contributed by atoms with van der Waals surface area (Å²) in [7, 11) is 0. The molecule has 5 heteroatoms. The molecule has 0 aromatic heterocycles. The molecular formula is C35H58N2O3. The third kappa shape index (κ3) is 8.32. The number of nitrogens with one attached hydrogen (secondary N) is 2. The standard InChI is InChI=1S/C29H46N2O3.C6H12/c1-17(19(3)32)16-30-27(34)23-21(14-22-24(23)29(22,7)8)26(33)25(20-12-10-9-11-13-20)31-18(2)15-28(4,5)6;1-6-4-2-3-5-6/h20-25,31H,1-2,9-16H2,3-8H3,(H,30,34);6H,2-5H2,1H3. The first-order valence-electron chi connectivity index (χ1n) is 16.1. The van der Waals surface area contributed by atoms with E-state index < -0.39 is 0 Å². The number of hydrogen-bond acceptors (Lipinski definition) is 4. The van der Waals surface area contributed by atoms with Crippen LogP contribution in [0.4, 0.5) is 0 Å². The fourth-order valence-electron chi connectivity index (χ4n) is 7.86. The van der Waals surface area contributed by atoms with Crippen LogP contribution in [-0.4, -0.2) is 30.1 Å². The van der Waals surface area contributed by atoms with E-state index in [1.54, 1.807) is 0 Å². The fraction of sp³-hybridized carbons (Fsp3) is 0.800. The maximum absolute atomic E-state index is 14.1. The molecule has 5 nitrogen and oxygen atoms in total. The molecule has 4 saturated carbocycles. The Balaban J connectivity index is 0.000000649. The van der Waals surface area contributed by atoms with Crippen LogP contribution in [0.1, 0.15) is 119 Å². The molecule has 226 valence electrons. The van der Waals surface area contributed by atoms with Gasteiger partial charge < -0.3 is 10.6 Å². The highest BCUT2D eigenvalue weighted by Gasteiger charge is 2.70. The van der Waals surface area contributed by atoms with Gasteiger partial charge in [-0.3, -0.25) is 14.4 Å². The van der Waals surface area contributed by atoms with E-state index in [4.69, 9.17) is 0 Å². The molecule has 0 bridgehead atoms. The van der Waals surface area contributed by atoms with Gasteiger partial charge >= 0.3 is 0 Å². The number of fused-ring (bicyclic) bond motifs is 1. The third-order valence-electron chi connectivity index (χ3n) is 10.3. The average Bonchev–Trinajstić information content (AvgIpc) is 3.28. The van der Waals surface area contributed by atoms with Gasteiger partial charge in [-0.1, -0.05) is 99.6 Å². The van der Waals surface area contributed by atoms with Crippen molar-refractivity contribution in [1.82, 2.24) is 10.6 Å². The first-order chi connectivity index (χ1) is 18.6. The Labute approximate surface area is 244 Å². The quantitative estimate of drug-likeness (QED) is 0.276. The molecular weight excluding hydrogens is 496 g/mol. The highest BCUT2D eigenvalue weighted by molar-refractivity contribution is 5.96. The van der Waals surface area contributed by atoms with Crippen molar-refractivity contribution in [3.8, 4) is 0 Å². The summed E-state index contributed by atoms with van der Waals surface area (Å²) in [6.45, 7) is 22.9. The van der Waals surface area contributed by atoms with E-state index in [1.807, 2.05) is 0 Å². The lowest BCUT2D eigenvalue weighted by Gasteiger charge is -2.36. The summed E-state index contributed by atoms with van der Waals surface area (Å²) in [5.74, 6) is 1.31. The second-order valence-corrected chi connectivity index (χ2v) is 15.4. The maximum Gasteiger partial charge on any atom is 0.224 e. The van der Waals surface area contributed by atoms with E-state index in [0.717, 1.165) is 50.1 Å². The number of Topliss-reactive ketones (excluding diaryl/α,β-unsaturated/α-hetero) is 2. The molecule has 0 aliphatic heterocycles. The van der Waals surface area contributed by atoms with Crippen LogP contribution in [0.3, 0.4) is 0 Å². The van der Waals surface area contributed by atoms with Crippen molar-refractivity contribution < 1.29 is 14.4 Å². The molecule has 0 aromatic rings. The summed E-state index contributed by atoms with van der Waals surface area (Å²) in [6.07, 6.45) is 13.2. The summed E-state index contributed by atoms with van der Waals surface area (Å²) >= 11 is 0. The lowest BCUT2D eigenvalue weighted by molar-refractivity contribution is -0.136. The summed E-state index contributed by atoms with van der Waals surface area (Å²) < 4.78 is 0. The van der Waals surface area contributed by atoms with E-state index in [2.05, 4.69) is 65.3 Å². The van der Waals surface area contributed by atoms with Gasteiger partial charge in [-0.2, -0.15) is 0 Å². The van der Waals surface area contributed by atoms with Gasteiger partial charge in [0.25, 0.3) is 0 Å². The molecule has 0 radical (unpaired) electrons. The van der Waals surface area contributed by atoms with E-state index in [1.165, 1.54) is 39.0 Å². The Bertz CT molecular complexity index is 946. The SMILES string of the molecule is C=C(CC(C)(C)C)NC(C(=O)C1CC2C(C1C(=O)NCC(=C)C(C)=O)C2(C)C)C1CCCCC1.CC1CCCC1. The molecule has 5 atom stereocenters. The fourth-order valence-corrected chi connectivity index (χ4v) is 7.86. The predicted molar refractivity (Wildman–Crippen MR) is 165 cm³/mol. The van der Waals surface area contributed by atoms with Crippen LogP contribution in [0.5, 0.6) is 0 Å². The largest absolute Gasteiger partial charge is 0.379 e. The average molecular weight is 555 g/mol. The zero-order valence-electron chi connectivity index (χ0n) is 26.7. The molecule has 4 fully saturated rings. The zero-order valence-corrected chi connectivity index (χ0v) is 26.7. The second-order valence-electron chi connectivity index (χ2n) is 15.4. The molecule has 4 aliphatic rings. The minimum atomic E-state index is -0.337. The molecule has 4 aliphatic carbocycles. The Morgan fingerprint density at radius 3 is 2.02 bits per heavy atom. The summed E-state index contributed by atoms with van der Waals surface area (Å²) in [5.41, 5.74) is 1.48. The van der Waals surface area contributed by atoms with Crippen LogP contribution in [0.2, 0.25) is 0 Å². The number of ketones is 2. The van der Waals surface area contributed by atoms with Crippen LogP contribution in [0.15, 0.2) is 24.4 Å². The lowest BCUT2D eigenvalue weighted by Crippen LogP contribution is -2.49. The van der Waals surface area contributed by atoms with Gasteiger partial charge in [-0.15, -0.1) is 0 Å². The zero-order chi connectivity index (χ0) is 29.8. The normalized spacial score (nSPS) is 28.5. The van der Waals surface area contributed by atoms with Gasteiger partial charge in [0, 0.05) is 23.7 Å². The monoisotopic (exact) mass is 554 g/mol. The van der Waals surface area contributed by atoms with Crippen LogP contribution >= 0.6 is 0 Å². The molecule has 0 heterocycles. The van der Waals surface area contributed by atoms with Crippen molar-refractivity contribution in [2.45, 2.75) is 125 Å². The molecule has 40 heavy (non-hydrogen) atoms. The number of rotatable bonds is 10. The lowest BCUT2D eigenvalue weighted by atomic mass is 9.74. The van der Waals surface area contributed by atoms with Crippen LogP contribution < -0.4 is 10.6 Å². The van der Waals surface area contributed by atoms with Crippen molar-refractivity contribution in [3.05, 3.63) is 24.4 Å². The van der Waals surface area contributed by atoms with Gasteiger partial charge in [0.15, 0.2) is 11.6 Å². The highest BCUT2D eigenvalue weighted by atomic mass is 16.2. The van der Waals surface area contributed by atoms with Gasteiger partial charge in [0.2, 0.25) is 5.91 Å². The van der Waals surface area contributed by atoms with Crippen LogP contribution in [0, 0.1) is 46.3 Å². The van der Waals surface area contributed by atoms with Crippen molar-refractivity contribution in [3.63, 3.8) is 0 Å². The predicted octanol–water partition coefficient (Wildman–Crippen LogP) is 7.41. The molecule has 0 aromatic carbocycles. The maximum atomic E-state index is 14.1. The number of amides is 1. The first kappa shape index (κ1) is 32.6. The summed E-state index contributed by atoms with van der Waals surface area (Å²) in [6, 6.07) is -0.275. The summed E-state index contributed by atoms with van der Waals surface area (Å²) in [5, 5.41) is 6.49. The van der Waals surface area contributed by atoms with Gasteiger partial charge in [-0.05, 0) is 67.1 Å². The Hall–Kier alpha value is -1.91. The molecule has 5 unspecified atom stereocenters. The smallest absolute Gasteiger partial charge is 0.224 e. The van der Waals surface area contributed by atoms with Crippen molar-refractivity contribution in [2.24, 2.45) is 46.3 Å². The van der Waals surface area contributed by atoms with Gasteiger partial charge in [0.05, 0.1) is 12.0 Å². The van der Waals surface area contributed by atoms with Crippen molar-refractivity contribution in [1.29, 1.82) is 0 Å². The first-order valence-corrected chi connectivity index (χ1v) is 16.1. The van der Waals surface area contributed by atoms with E-state index in [9.17, 15) is 14.4 Å². The van der Waals surface area contributed by atoms with E-state index >= 15 is 0 Å². The van der Waals surface area contributed by atoms with Crippen molar-refractivity contribution >= 4 is 17.5 Å². The number of carbonyl (C=O) groups is 3. The van der Waals surface area contributed by atoms with Crippen molar-refractivity contribution in [2.75, 3.05) is 6.54 Å². The molecule has 0 spiro atoms. The Morgan fingerprint density at radius 1 is 0.950 bits per heavy atom.